The fourth-order valence-electron chi connectivity index (χ4n) is 4.73. The first-order valence-corrected chi connectivity index (χ1v) is 14.8. The van der Waals surface area contributed by atoms with Crippen molar-refractivity contribution in [3.8, 4) is 22.3 Å². The molecule has 0 saturated heterocycles. The summed E-state index contributed by atoms with van der Waals surface area (Å²) >= 11 is 15.0. The highest BCUT2D eigenvalue weighted by Gasteiger charge is 2.26. The van der Waals surface area contributed by atoms with E-state index in [1.54, 1.807) is 23.5 Å². The Morgan fingerprint density at radius 3 is 1.44 bits per heavy atom. The summed E-state index contributed by atoms with van der Waals surface area (Å²) in [6.45, 7) is 12.5. The van der Waals surface area contributed by atoms with E-state index < -0.39 is 0 Å². The average molecular weight is 525 g/mol. The molecule has 0 atom stereocenters. The van der Waals surface area contributed by atoms with E-state index >= 15 is 0 Å². The minimum atomic E-state index is 0.882. The van der Waals surface area contributed by atoms with Gasteiger partial charge in [-0.05, 0) is 71.8 Å². The number of nitrogens with zero attached hydrogens (tertiary/aromatic N) is 2. The summed E-state index contributed by atoms with van der Waals surface area (Å²) < 4.78 is 1.97. The van der Waals surface area contributed by atoms with Crippen molar-refractivity contribution in [3.63, 3.8) is 0 Å². The van der Waals surface area contributed by atoms with Crippen molar-refractivity contribution in [3.05, 3.63) is 59.7 Å². The molecule has 3 aromatic carbocycles. The van der Waals surface area contributed by atoms with Crippen LogP contribution in [-0.4, -0.2) is 44.6 Å². The Balaban J connectivity index is 1.73. The van der Waals surface area contributed by atoms with Crippen LogP contribution in [0.25, 0.3) is 33.0 Å². The Hall–Kier alpha value is -1.60. The first-order chi connectivity index (χ1) is 16.5. The van der Waals surface area contributed by atoms with Gasteiger partial charge in [0, 0.05) is 37.7 Å². The molecule has 0 amide bonds. The molecule has 34 heavy (non-hydrogen) atoms. The molecule has 1 aliphatic carbocycles. The molecule has 0 aliphatic heterocycles. The Bertz CT molecular complexity index is 1120. The molecule has 0 fully saturated rings. The van der Waals surface area contributed by atoms with E-state index in [1.807, 2.05) is 0 Å². The molecule has 0 unspecified atom stereocenters. The molecule has 0 saturated carbocycles. The second kappa shape index (κ2) is 11.4. The lowest BCUT2D eigenvalue weighted by Gasteiger charge is -2.22. The van der Waals surface area contributed by atoms with Gasteiger partial charge in [-0.25, -0.2) is 0 Å². The maximum atomic E-state index is 5.74. The fraction of sp³-hybridized carbons (Fsp3) is 0.357. The van der Waals surface area contributed by atoms with Crippen molar-refractivity contribution in [1.82, 2.24) is 9.80 Å². The molecule has 0 N–H and O–H groups in total. The van der Waals surface area contributed by atoms with Gasteiger partial charge in [0.25, 0.3) is 0 Å². The van der Waals surface area contributed by atoms with Crippen LogP contribution in [0.1, 0.15) is 38.8 Å². The second-order valence-corrected chi connectivity index (χ2v) is 11.5. The van der Waals surface area contributed by atoms with Gasteiger partial charge in [-0.3, -0.25) is 0 Å². The normalized spacial score (nSPS) is 11.5. The maximum Gasteiger partial charge on any atom is 0.136 e. The van der Waals surface area contributed by atoms with Crippen LogP contribution in [0.4, 0.5) is 0 Å². The van der Waals surface area contributed by atoms with Crippen LogP contribution < -0.4 is 0 Å². The van der Waals surface area contributed by atoms with Crippen molar-refractivity contribution in [2.45, 2.75) is 39.2 Å². The van der Waals surface area contributed by atoms with Gasteiger partial charge in [0.15, 0.2) is 0 Å². The summed E-state index contributed by atoms with van der Waals surface area (Å²) in [5.41, 5.74) is 8.19. The topological polar surface area (TPSA) is 6.48 Å². The second-order valence-electron chi connectivity index (χ2n) is 8.30. The van der Waals surface area contributed by atoms with Crippen LogP contribution in [-0.2, 0) is 11.5 Å². The van der Waals surface area contributed by atoms with Crippen LogP contribution in [0.5, 0.6) is 0 Å². The predicted molar refractivity (Wildman–Crippen MR) is 162 cm³/mol. The van der Waals surface area contributed by atoms with Gasteiger partial charge >= 0.3 is 0 Å². The zero-order valence-electron chi connectivity index (χ0n) is 20.4. The molecule has 4 rings (SSSR count). The Kier molecular flexibility index (Phi) is 8.57. The largest absolute Gasteiger partial charge is 0.358 e. The lowest BCUT2D eigenvalue weighted by atomic mass is 9.95. The maximum absolute atomic E-state index is 5.74. The lowest BCUT2D eigenvalue weighted by molar-refractivity contribution is 0.482. The van der Waals surface area contributed by atoms with Crippen molar-refractivity contribution in [2.75, 3.05) is 26.2 Å². The van der Waals surface area contributed by atoms with Gasteiger partial charge in [0.05, 0.1) is 0 Å². The minimum Gasteiger partial charge on any atom is -0.358 e. The van der Waals surface area contributed by atoms with Crippen molar-refractivity contribution in [1.29, 1.82) is 0 Å². The van der Waals surface area contributed by atoms with Gasteiger partial charge in [-0.15, -0.1) is 0 Å². The Morgan fingerprint density at radius 2 is 1.06 bits per heavy atom. The summed E-state index contributed by atoms with van der Waals surface area (Å²) in [5.74, 6) is 1.76. The first kappa shape index (κ1) is 25.5. The molecule has 2 nitrogen and oxygen atoms in total. The lowest BCUT2D eigenvalue weighted by Crippen LogP contribution is -2.26. The molecule has 0 aromatic heterocycles. The van der Waals surface area contributed by atoms with Gasteiger partial charge < -0.3 is 9.80 Å². The summed E-state index contributed by atoms with van der Waals surface area (Å²) in [5, 5.41) is 2.68. The van der Waals surface area contributed by atoms with E-state index in [1.165, 1.54) is 44.2 Å². The smallest absolute Gasteiger partial charge is 0.136 e. The molecule has 6 heteroatoms. The third kappa shape index (κ3) is 4.88. The predicted octanol–water partition coefficient (Wildman–Crippen LogP) is 8.21. The monoisotopic (exact) mass is 524 g/mol. The number of rotatable bonds is 8. The van der Waals surface area contributed by atoms with Gasteiger partial charge in [-0.1, -0.05) is 96.5 Å². The quantitative estimate of drug-likeness (QED) is 0.213. The third-order valence-corrected chi connectivity index (χ3v) is 9.71. The van der Waals surface area contributed by atoms with E-state index in [0.717, 1.165) is 46.3 Å². The zero-order chi connectivity index (χ0) is 24.2. The first-order valence-electron chi connectivity index (χ1n) is 12.0. The highest BCUT2D eigenvalue weighted by molar-refractivity contribution is 8.22. The molecule has 0 heterocycles. The highest BCUT2D eigenvalue weighted by atomic mass is 32.2. The summed E-state index contributed by atoms with van der Waals surface area (Å²) in [6, 6.07) is 18.0. The molecule has 178 valence electrons. The van der Waals surface area contributed by atoms with Gasteiger partial charge in [-0.2, -0.15) is 0 Å². The van der Waals surface area contributed by atoms with Crippen molar-refractivity contribution >= 4 is 67.4 Å². The van der Waals surface area contributed by atoms with Crippen LogP contribution in [0, 0.1) is 0 Å². The number of hydrogen-bond donors (Lipinski definition) is 0. The van der Waals surface area contributed by atoms with Crippen LogP contribution in [0.3, 0.4) is 0 Å². The number of hydrogen-bond acceptors (Lipinski definition) is 4. The number of fused-ring (bicyclic) bond motifs is 3. The van der Waals surface area contributed by atoms with Crippen LogP contribution in [0.15, 0.2) is 48.5 Å². The van der Waals surface area contributed by atoms with Gasteiger partial charge in [0.2, 0.25) is 0 Å². The van der Waals surface area contributed by atoms with E-state index in [2.05, 4.69) is 86.0 Å². The van der Waals surface area contributed by atoms with Crippen LogP contribution >= 0.6 is 48.0 Å². The highest BCUT2D eigenvalue weighted by Crippen LogP contribution is 2.51. The fourth-order valence-corrected chi connectivity index (χ4v) is 7.52. The molecule has 0 bridgehead atoms. The number of thiocarbonyl (C=S) groups is 2. The van der Waals surface area contributed by atoms with E-state index in [4.69, 9.17) is 24.4 Å². The summed E-state index contributed by atoms with van der Waals surface area (Å²) in [7, 11) is 0. The Labute approximate surface area is 223 Å². The minimum absolute atomic E-state index is 0.882. The standard InChI is InChI=1S/C28H32N2S4/c1-5-29(6-2)27(31)33-17-20-15-16-21(18-34-28(32)30(7-3)8-4)26-23-14-10-12-19-11-9-13-22(24(19)23)25(20)26/h9-16H,5-8,17-18H2,1-4H3. The zero-order valence-corrected chi connectivity index (χ0v) is 23.7. The summed E-state index contributed by atoms with van der Waals surface area (Å²) in [4.78, 5) is 4.52. The molecule has 3 aromatic rings. The molecule has 1 aliphatic rings. The molecular formula is C28H32N2S4. The van der Waals surface area contributed by atoms with E-state index in [-0.39, 0.29) is 0 Å². The molecule has 0 radical (unpaired) electrons. The van der Waals surface area contributed by atoms with Gasteiger partial charge in [0.1, 0.15) is 8.64 Å². The molecule has 0 spiro atoms. The van der Waals surface area contributed by atoms with Crippen LogP contribution in [0.2, 0.25) is 0 Å². The number of benzene rings is 3. The average Bonchev–Trinajstić information content (AvgIpc) is 3.20. The SMILES string of the molecule is CCN(CC)C(=S)SCc1ccc(CSC(=S)N(CC)CC)c2c1-c1cccc3cccc-2c13. The summed E-state index contributed by atoms with van der Waals surface area (Å²) in [6.07, 6.45) is 0. The van der Waals surface area contributed by atoms with Crippen molar-refractivity contribution < 1.29 is 0 Å². The van der Waals surface area contributed by atoms with E-state index in [9.17, 15) is 0 Å². The van der Waals surface area contributed by atoms with E-state index in [0.29, 0.717) is 0 Å². The third-order valence-electron chi connectivity index (χ3n) is 6.57. The number of thioether (sulfide) groups is 2. The Morgan fingerprint density at radius 1 is 0.647 bits per heavy atom. The molecular weight excluding hydrogens is 493 g/mol. The van der Waals surface area contributed by atoms with Crippen molar-refractivity contribution in [2.24, 2.45) is 0 Å².